The van der Waals surface area contributed by atoms with Crippen LogP contribution in [0.1, 0.15) is 24.6 Å². The number of benzene rings is 1. The van der Waals surface area contributed by atoms with Crippen LogP contribution in [0.15, 0.2) is 36.5 Å². The van der Waals surface area contributed by atoms with E-state index in [1.54, 1.807) is 6.07 Å². The summed E-state index contributed by atoms with van der Waals surface area (Å²) < 4.78 is 14.9. The molecule has 0 unspecified atom stereocenters. The minimum Gasteiger partial charge on any atom is -0.311 e. The Morgan fingerprint density at radius 2 is 2.22 bits per heavy atom. The summed E-state index contributed by atoms with van der Waals surface area (Å²) in [5, 5.41) is 7.74. The second kappa shape index (κ2) is 6.31. The van der Waals surface area contributed by atoms with E-state index in [0.717, 1.165) is 30.8 Å². The van der Waals surface area contributed by atoms with Crippen molar-refractivity contribution in [2.24, 2.45) is 0 Å². The van der Waals surface area contributed by atoms with Gasteiger partial charge < -0.3 is 5.32 Å². The van der Waals surface area contributed by atoms with E-state index in [1.165, 1.54) is 12.1 Å². The topological polar surface area (TPSA) is 29.9 Å². The van der Waals surface area contributed by atoms with Crippen molar-refractivity contribution in [1.29, 1.82) is 0 Å². The molecular formula is C14H18FN3. The van der Waals surface area contributed by atoms with E-state index < -0.39 is 0 Å². The van der Waals surface area contributed by atoms with Crippen molar-refractivity contribution in [1.82, 2.24) is 15.1 Å². The van der Waals surface area contributed by atoms with Crippen molar-refractivity contribution < 1.29 is 4.39 Å². The van der Waals surface area contributed by atoms with Crippen molar-refractivity contribution in [3.05, 3.63) is 53.6 Å². The first-order valence-corrected chi connectivity index (χ1v) is 6.25. The number of aromatic nitrogens is 2. The predicted molar refractivity (Wildman–Crippen MR) is 69.7 cm³/mol. The summed E-state index contributed by atoms with van der Waals surface area (Å²) in [5.74, 6) is -0.204. The van der Waals surface area contributed by atoms with Gasteiger partial charge in [-0.3, -0.25) is 4.68 Å². The normalized spacial score (nSPS) is 10.8. The minimum atomic E-state index is -0.204. The van der Waals surface area contributed by atoms with Gasteiger partial charge in [0.05, 0.1) is 12.2 Å². The molecule has 0 fully saturated rings. The zero-order valence-electron chi connectivity index (χ0n) is 10.6. The molecule has 0 amide bonds. The Bertz CT molecular complexity index is 493. The first-order valence-electron chi connectivity index (χ1n) is 6.25. The van der Waals surface area contributed by atoms with Gasteiger partial charge in [-0.05, 0) is 36.7 Å². The second-order valence-corrected chi connectivity index (χ2v) is 4.31. The summed E-state index contributed by atoms with van der Waals surface area (Å²) in [6.07, 6.45) is 3.04. The lowest BCUT2D eigenvalue weighted by Crippen LogP contribution is -2.14. The molecule has 2 aromatic rings. The van der Waals surface area contributed by atoms with Crippen LogP contribution in [0.5, 0.6) is 0 Å². The van der Waals surface area contributed by atoms with Crippen molar-refractivity contribution in [3.63, 3.8) is 0 Å². The monoisotopic (exact) mass is 247 g/mol. The zero-order valence-corrected chi connectivity index (χ0v) is 10.6. The van der Waals surface area contributed by atoms with E-state index >= 15 is 0 Å². The Labute approximate surface area is 107 Å². The van der Waals surface area contributed by atoms with Gasteiger partial charge in [-0.1, -0.05) is 19.1 Å². The summed E-state index contributed by atoms with van der Waals surface area (Å²) in [6.45, 7) is 4.52. The Morgan fingerprint density at radius 3 is 3.00 bits per heavy atom. The molecule has 4 heteroatoms. The molecule has 0 aliphatic rings. The van der Waals surface area contributed by atoms with E-state index in [9.17, 15) is 4.39 Å². The fraction of sp³-hybridized carbons (Fsp3) is 0.357. The molecule has 0 bridgehead atoms. The first-order chi connectivity index (χ1) is 8.78. The molecule has 0 spiro atoms. The predicted octanol–water partition coefficient (Wildman–Crippen LogP) is 2.57. The van der Waals surface area contributed by atoms with Crippen LogP contribution < -0.4 is 5.32 Å². The molecule has 1 aromatic heterocycles. The van der Waals surface area contributed by atoms with Crippen molar-refractivity contribution in [3.8, 4) is 0 Å². The minimum absolute atomic E-state index is 0.204. The third-order valence-electron chi connectivity index (χ3n) is 2.66. The molecule has 1 aromatic carbocycles. The van der Waals surface area contributed by atoms with Crippen LogP contribution in [-0.4, -0.2) is 16.3 Å². The Morgan fingerprint density at radius 1 is 1.33 bits per heavy atom. The van der Waals surface area contributed by atoms with Gasteiger partial charge in [0.2, 0.25) is 0 Å². The molecule has 96 valence electrons. The number of halogens is 1. The summed E-state index contributed by atoms with van der Waals surface area (Å²) in [7, 11) is 0. The number of rotatable bonds is 6. The van der Waals surface area contributed by atoms with Crippen LogP contribution in [-0.2, 0) is 13.1 Å². The first kappa shape index (κ1) is 12.8. The quantitative estimate of drug-likeness (QED) is 0.795. The molecule has 0 saturated heterocycles. The van der Waals surface area contributed by atoms with Gasteiger partial charge in [0.15, 0.2) is 0 Å². The highest BCUT2D eigenvalue weighted by Crippen LogP contribution is 2.06. The van der Waals surface area contributed by atoms with E-state index in [1.807, 2.05) is 23.0 Å². The summed E-state index contributed by atoms with van der Waals surface area (Å²) >= 11 is 0. The molecule has 2 rings (SSSR count). The molecule has 0 radical (unpaired) electrons. The van der Waals surface area contributed by atoms with Gasteiger partial charge in [-0.15, -0.1) is 0 Å². The van der Waals surface area contributed by atoms with Gasteiger partial charge in [-0.2, -0.15) is 5.10 Å². The van der Waals surface area contributed by atoms with Crippen LogP contribution in [0, 0.1) is 5.82 Å². The number of nitrogens with one attached hydrogen (secondary N) is 1. The average Bonchev–Trinajstić information content (AvgIpc) is 2.77. The molecule has 0 saturated carbocycles. The maximum Gasteiger partial charge on any atom is 0.123 e. The number of nitrogens with zero attached hydrogens (tertiary/aromatic N) is 2. The highest BCUT2D eigenvalue weighted by atomic mass is 19.1. The summed E-state index contributed by atoms with van der Waals surface area (Å²) in [4.78, 5) is 0. The van der Waals surface area contributed by atoms with Crippen LogP contribution in [0.25, 0.3) is 0 Å². The Kier molecular flexibility index (Phi) is 4.47. The number of hydrogen-bond acceptors (Lipinski definition) is 2. The second-order valence-electron chi connectivity index (χ2n) is 4.31. The Balaban J connectivity index is 1.94. The summed E-state index contributed by atoms with van der Waals surface area (Å²) in [6, 6.07) is 8.60. The molecule has 1 N–H and O–H groups in total. The molecule has 3 nitrogen and oxygen atoms in total. The molecular weight excluding hydrogens is 229 g/mol. The lowest BCUT2D eigenvalue weighted by Gasteiger charge is -2.02. The lowest BCUT2D eigenvalue weighted by molar-refractivity contribution is 0.612. The highest BCUT2D eigenvalue weighted by molar-refractivity contribution is 5.16. The van der Waals surface area contributed by atoms with E-state index in [2.05, 4.69) is 17.3 Å². The van der Waals surface area contributed by atoms with E-state index in [0.29, 0.717) is 6.54 Å². The van der Waals surface area contributed by atoms with Crippen molar-refractivity contribution >= 4 is 0 Å². The van der Waals surface area contributed by atoms with Crippen LogP contribution in [0.2, 0.25) is 0 Å². The Hall–Kier alpha value is -1.68. The molecule has 0 aliphatic carbocycles. The van der Waals surface area contributed by atoms with Crippen molar-refractivity contribution in [2.45, 2.75) is 26.4 Å². The standard InChI is InChI=1S/C14H18FN3/c1-2-7-16-10-14-6-8-18(17-14)11-12-4-3-5-13(15)9-12/h3-6,8-9,16H,2,7,10-11H2,1H3. The molecule has 0 aliphatic heterocycles. The lowest BCUT2D eigenvalue weighted by atomic mass is 10.2. The molecule has 0 atom stereocenters. The largest absolute Gasteiger partial charge is 0.311 e. The zero-order chi connectivity index (χ0) is 12.8. The third-order valence-corrected chi connectivity index (χ3v) is 2.66. The third kappa shape index (κ3) is 3.67. The average molecular weight is 247 g/mol. The smallest absolute Gasteiger partial charge is 0.123 e. The molecule has 18 heavy (non-hydrogen) atoms. The number of hydrogen-bond donors (Lipinski definition) is 1. The van der Waals surface area contributed by atoms with E-state index in [4.69, 9.17) is 0 Å². The molecule has 1 heterocycles. The maximum absolute atomic E-state index is 13.0. The van der Waals surface area contributed by atoms with Gasteiger partial charge in [0.1, 0.15) is 5.82 Å². The highest BCUT2D eigenvalue weighted by Gasteiger charge is 2.00. The van der Waals surface area contributed by atoms with Gasteiger partial charge >= 0.3 is 0 Å². The van der Waals surface area contributed by atoms with Gasteiger partial charge in [0, 0.05) is 12.7 Å². The van der Waals surface area contributed by atoms with Crippen LogP contribution in [0.3, 0.4) is 0 Å². The van der Waals surface area contributed by atoms with Gasteiger partial charge in [-0.25, -0.2) is 4.39 Å². The van der Waals surface area contributed by atoms with Crippen molar-refractivity contribution in [2.75, 3.05) is 6.54 Å². The van der Waals surface area contributed by atoms with E-state index in [-0.39, 0.29) is 5.82 Å². The SMILES string of the molecule is CCCNCc1ccn(Cc2cccc(F)c2)n1. The maximum atomic E-state index is 13.0. The van der Waals surface area contributed by atoms with Crippen LogP contribution in [0.4, 0.5) is 4.39 Å². The van der Waals surface area contributed by atoms with Gasteiger partial charge in [0.25, 0.3) is 0 Å². The van der Waals surface area contributed by atoms with Crippen LogP contribution >= 0.6 is 0 Å². The fourth-order valence-electron chi connectivity index (χ4n) is 1.80. The summed E-state index contributed by atoms with van der Waals surface area (Å²) in [5.41, 5.74) is 1.94. The fourth-order valence-corrected chi connectivity index (χ4v) is 1.80.